The molecule has 0 aliphatic heterocycles. The molecular formula is C9H20N2. The summed E-state index contributed by atoms with van der Waals surface area (Å²) in [4.78, 5) is 0. The second-order valence-electron chi connectivity index (χ2n) is 4.38. The number of nitrogens with two attached hydrogens (primary N) is 1. The molecule has 0 bridgehead atoms. The first-order valence-electron chi connectivity index (χ1n) is 4.57. The molecule has 0 aromatic rings. The van der Waals surface area contributed by atoms with E-state index in [2.05, 4.69) is 19.2 Å². The summed E-state index contributed by atoms with van der Waals surface area (Å²) in [6.45, 7) is 6.25. The summed E-state index contributed by atoms with van der Waals surface area (Å²) in [5, 5.41) is 3.53. The number of rotatable bonds is 4. The Kier molecular flexibility index (Phi) is 2.90. The van der Waals surface area contributed by atoms with Gasteiger partial charge in [0.1, 0.15) is 0 Å². The molecule has 0 amide bonds. The molecule has 0 radical (unpaired) electrons. The van der Waals surface area contributed by atoms with E-state index in [-0.39, 0.29) is 5.41 Å². The predicted molar refractivity (Wildman–Crippen MR) is 48.5 cm³/mol. The third-order valence-corrected chi connectivity index (χ3v) is 2.53. The van der Waals surface area contributed by atoms with E-state index in [4.69, 9.17) is 5.73 Å². The lowest BCUT2D eigenvalue weighted by Gasteiger charge is -2.31. The molecule has 66 valence electrons. The molecule has 2 nitrogen and oxygen atoms in total. The lowest BCUT2D eigenvalue weighted by molar-refractivity contribution is 0.273. The molecule has 0 aromatic carbocycles. The predicted octanol–water partition coefficient (Wildman–Crippen LogP) is 1.11. The van der Waals surface area contributed by atoms with E-state index < -0.39 is 0 Å². The van der Waals surface area contributed by atoms with Crippen LogP contribution in [-0.4, -0.2) is 19.1 Å². The Hall–Kier alpha value is -0.0800. The van der Waals surface area contributed by atoms with Crippen molar-refractivity contribution in [1.29, 1.82) is 0 Å². The molecule has 3 N–H and O–H groups in total. The van der Waals surface area contributed by atoms with Crippen molar-refractivity contribution < 1.29 is 0 Å². The van der Waals surface area contributed by atoms with Crippen LogP contribution in [0.1, 0.15) is 33.1 Å². The van der Waals surface area contributed by atoms with E-state index >= 15 is 0 Å². The Morgan fingerprint density at radius 2 is 2.09 bits per heavy atom. The van der Waals surface area contributed by atoms with Gasteiger partial charge < -0.3 is 11.1 Å². The van der Waals surface area contributed by atoms with E-state index in [0.29, 0.717) is 0 Å². The second kappa shape index (κ2) is 3.55. The summed E-state index contributed by atoms with van der Waals surface area (Å²) in [5.74, 6) is 0. The third-order valence-electron chi connectivity index (χ3n) is 2.53. The molecule has 0 aromatic heterocycles. The van der Waals surface area contributed by atoms with Crippen LogP contribution in [0.3, 0.4) is 0 Å². The highest BCUT2D eigenvalue weighted by atomic mass is 14.9. The van der Waals surface area contributed by atoms with Crippen molar-refractivity contribution in [2.75, 3.05) is 13.1 Å². The normalized spacial score (nSPS) is 19.9. The topological polar surface area (TPSA) is 38.0 Å². The Morgan fingerprint density at radius 1 is 1.45 bits per heavy atom. The van der Waals surface area contributed by atoms with Gasteiger partial charge in [0.05, 0.1) is 0 Å². The smallest absolute Gasteiger partial charge is 0.00673 e. The largest absolute Gasteiger partial charge is 0.330 e. The highest BCUT2D eigenvalue weighted by Gasteiger charge is 2.21. The van der Waals surface area contributed by atoms with E-state index in [9.17, 15) is 0 Å². The van der Waals surface area contributed by atoms with E-state index in [1.807, 2.05) is 0 Å². The quantitative estimate of drug-likeness (QED) is 0.640. The fraction of sp³-hybridized carbons (Fsp3) is 1.00. The molecule has 0 spiro atoms. The first kappa shape index (κ1) is 9.01. The molecule has 2 heteroatoms. The molecule has 0 unspecified atom stereocenters. The van der Waals surface area contributed by atoms with Gasteiger partial charge in [-0.3, -0.25) is 0 Å². The van der Waals surface area contributed by atoms with Crippen LogP contribution < -0.4 is 11.1 Å². The van der Waals surface area contributed by atoms with Crippen LogP contribution in [0.5, 0.6) is 0 Å². The maximum atomic E-state index is 5.61. The highest BCUT2D eigenvalue weighted by molar-refractivity contribution is 4.80. The zero-order chi connectivity index (χ0) is 8.32. The molecule has 0 atom stereocenters. The molecule has 0 saturated heterocycles. The van der Waals surface area contributed by atoms with Crippen LogP contribution in [0, 0.1) is 5.41 Å². The third kappa shape index (κ3) is 2.80. The minimum Gasteiger partial charge on any atom is -0.330 e. The summed E-state index contributed by atoms with van der Waals surface area (Å²) >= 11 is 0. The first-order valence-corrected chi connectivity index (χ1v) is 4.57. The fourth-order valence-corrected chi connectivity index (χ4v) is 1.11. The van der Waals surface area contributed by atoms with E-state index in [1.165, 1.54) is 19.3 Å². The lowest BCUT2D eigenvalue weighted by Crippen LogP contribution is -2.43. The maximum absolute atomic E-state index is 5.61. The van der Waals surface area contributed by atoms with Crippen molar-refractivity contribution in [3.63, 3.8) is 0 Å². The summed E-state index contributed by atoms with van der Waals surface area (Å²) in [7, 11) is 0. The number of nitrogens with one attached hydrogen (secondary N) is 1. The van der Waals surface area contributed by atoms with Gasteiger partial charge in [0.2, 0.25) is 0 Å². The van der Waals surface area contributed by atoms with Gasteiger partial charge in [-0.15, -0.1) is 0 Å². The SMILES string of the molecule is CC(C)(CN)CNC1CCC1. The average molecular weight is 156 g/mol. The van der Waals surface area contributed by atoms with Gasteiger partial charge in [-0.2, -0.15) is 0 Å². The van der Waals surface area contributed by atoms with Crippen molar-refractivity contribution in [2.45, 2.75) is 39.2 Å². The van der Waals surface area contributed by atoms with E-state index in [0.717, 1.165) is 19.1 Å². The van der Waals surface area contributed by atoms with E-state index in [1.54, 1.807) is 0 Å². The number of hydrogen-bond acceptors (Lipinski definition) is 2. The standard InChI is InChI=1S/C9H20N2/c1-9(2,6-10)7-11-8-4-3-5-8/h8,11H,3-7,10H2,1-2H3. The molecule has 1 fully saturated rings. The Bertz CT molecular complexity index is 117. The van der Waals surface area contributed by atoms with Gasteiger partial charge >= 0.3 is 0 Å². The highest BCUT2D eigenvalue weighted by Crippen LogP contribution is 2.19. The van der Waals surface area contributed by atoms with Gasteiger partial charge in [0.25, 0.3) is 0 Å². The van der Waals surface area contributed by atoms with Crippen molar-refractivity contribution >= 4 is 0 Å². The summed E-state index contributed by atoms with van der Waals surface area (Å²) in [6, 6.07) is 0.792. The maximum Gasteiger partial charge on any atom is 0.00673 e. The van der Waals surface area contributed by atoms with Crippen molar-refractivity contribution in [3.05, 3.63) is 0 Å². The zero-order valence-corrected chi connectivity index (χ0v) is 7.69. The van der Waals surface area contributed by atoms with Crippen LogP contribution in [0.25, 0.3) is 0 Å². The van der Waals surface area contributed by atoms with Crippen LogP contribution in [-0.2, 0) is 0 Å². The van der Waals surface area contributed by atoms with Gasteiger partial charge in [-0.1, -0.05) is 20.3 Å². The Labute approximate surface area is 69.5 Å². The molecular weight excluding hydrogens is 136 g/mol. The summed E-state index contributed by atoms with van der Waals surface area (Å²) < 4.78 is 0. The monoisotopic (exact) mass is 156 g/mol. The van der Waals surface area contributed by atoms with Gasteiger partial charge in [-0.25, -0.2) is 0 Å². The van der Waals surface area contributed by atoms with Gasteiger partial charge in [-0.05, 0) is 24.8 Å². The zero-order valence-electron chi connectivity index (χ0n) is 7.69. The minimum atomic E-state index is 0.273. The van der Waals surface area contributed by atoms with Gasteiger partial charge in [0.15, 0.2) is 0 Å². The van der Waals surface area contributed by atoms with Gasteiger partial charge in [0, 0.05) is 12.6 Å². The Balaban J connectivity index is 2.09. The molecule has 1 rings (SSSR count). The second-order valence-corrected chi connectivity index (χ2v) is 4.38. The van der Waals surface area contributed by atoms with Crippen molar-refractivity contribution in [1.82, 2.24) is 5.32 Å². The van der Waals surface area contributed by atoms with Crippen molar-refractivity contribution in [2.24, 2.45) is 11.1 Å². The van der Waals surface area contributed by atoms with Crippen LogP contribution in [0.2, 0.25) is 0 Å². The van der Waals surface area contributed by atoms with Crippen LogP contribution in [0.15, 0.2) is 0 Å². The average Bonchev–Trinajstić information content (AvgIpc) is 1.84. The summed E-state index contributed by atoms with van der Waals surface area (Å²) in [5.41, 5.74) is 5.89. The lowest BCUT2D eigenvalue weighted by atomic mass is 9.89. The first-order chi connectivity index (χ1) is 5.14. The molecule has 1 aliphatic carbocycles. The number of hydrogen-bond donors (Lipinski definition) is 2. The molecule has 1 saturated carbocycles. The summed E-state index contributed by atoms with van der Waals surface area (Å²) in [6.07, 6.45) is 4.13. The van der Waals surface area contributed by atoms with Crippen molar-refractivity contribution in [3.8, 4) is 0 Å². The minimum absolute atomic E-state index is 0.273. The Morgan fingerprint density at radius 3 is 2.45 bits per heavy atom. The van der Waals surface area contributed by atoms with Crippen LogP contribution in [0.4, 0.5) is 0 Å². The fourth-order valence-electron chi connectivity index (χ4n) is 1.11. The molecule has 11 heavy (non-hydrogen) atoms. The molecule has 0 heterocycles. The molecule has 1 aliphatic rings. The van der Waals surface area contributed by atoms with Crippen LogP contribution >= 0.6 is 0 Å².